The largest absolute Gasteiger partial charge is 0.329 e. The van der Waals surface area contributed by atoms with E-state index in [4.69, 9.17) is 11.5 Å². The molecule has 0 aromatic carbocycles. The predicted molar refractivity (Wildman–Crippen MR) is 42.2 cm³/mol. The highest BCUT2D eigenvalue weighted by atomic mass is 14.9. The van der Waals surface area contributed by atoms with Crippen molar-refractivity contribution in [1.29, 1.82) is 0 Å². The highest BCUT2D eigenvalue weighted by molar-refractivity contribution is 4.45. The summed E-state index contributed by atoms with van der Waals surface area (Å²) in [6.45, 7) is 9.13. The molecule has 9 heavy (non-hydrogen) atoms. The van der Waals surface area contributed by atoms with Crippen LogP contribution in [0.15, 0.2) is 13.2 Å². The van der Waals surface area contributed by atoms with Gasteiger partial charge in [-0.2, -0.15) is 0 Å². The molecule has 0 unspecified atom stereocenters. The van der Waals surface area contributed by atoms with Gasteiger partial charge >= 0.3 is 0 Å². The number of hydrogen-bond donors (Lipinski definition) is 3. The summed E-state index contributed by atoms with van der Waals surface area (Å²) in [7, 11) is 0. The molecule has 0 bridgehead atoms. The van der Waals surface area contributed by atoms with Gasteiger partial charge in [0.1, 0.15) is 0 Å². The van der Waals surface area contributed by atoms with Gasteiger partial charge in [0.15, 0.2) is 0 Å². The highest BCUT2D eigenvalue weighted by Gasteiger charge is 1.76. The Labute approximate surface area is 57.1 Å². The first kappa shape index (κ1) is 11.4. The quantitative estimate of drug-likeness (QED) is 0.349. The molecular formula is C6H17N3. The van der Waals surface area contributed by atoms with Crippen molar-refractivity contribution in [1.82, 2.24) is 5.32 Å². The molecule has 3 nitrogen and oxygen atoms in total. The van der Waals surface area contributed by atoms with Gasteiger partial charge in [0.25, 0.3) is 0 Å². The maximum atomic E-state index is 5.17. The Morgan fingerprint density at radius 3 is 1.56 bits per heavy atom. The van der Waals surface area contributed by atoms with Crippen LogP contribution in [0.25, 0.3) is 0 Å². The molecule has 0 saturated heterocycles. The van der Waals surface area contributed by atoms with Gasteiger partial charge in [0, 0.05) is 26.2 Å². The van der Waals surface area contributed by atoms with E-state index in [1.165, 1.54) is 0 Å². The van der Waals surface area contributed by atoms with E-state index >= 15 is 0 Å². The monoisotopic (exact) mass is 131 g/mol. The molecule has 0 aromatic rings. The van der Waals surface area contributed by atoms with Gasteiger partial charge in [-0.3, -0.25) is 0 Å². The minimum absolute atomic E-state index is 0.694. The Bertz CT molecular complexity index is 35.3. The van der Waals surface area contributed by atoms with Gasteiger partial charge < -0.3 is 16.8 Å². The lowest BCUT2D eigenvalue weighted by Gasteiger charge is -1.95. The summed E-state index contributed by atoms with van der Waals surface area (Å²) in [5.74, 6) is 0. The number of nitrogens with two attached hydrogens (primary N) is 2. The van der Waals surface area contributed by atoms with Crippen LogP contribution >= 0.6 is 0 Å². The first-order valence-corrected chi connectivity index (χ1v) is 3.02. The topological polar surface area (TPSA) is 64.1 Å². The summed E-state index contributed by atoms with van der Waals surface area (Å²) in [5.41, 5.74) is 10.3. The Kier molecular flexibility index (Phi) is 19.9. The van der Waals surface area contributed by atoms with Gasteiger partial charge in [-0.1, -0.05) is 0 Å². The van der Waals surface area contributed by atoms with Gasteiger partial charge in [-0.15, -0.1) is 13.2 Å². The summed E-state index contributed by atoms with van der Waals surface area (Å²) in [5, 5.41) is 3.03. The van der Waals surface area contributed by atoms with Gasteiger partial charge in [0.2, 0.25) is 0 Å². The van der Waals surface area contributed by atoms with Crippen LogP contribution in [0.5, 0.6) is 0 Å². The highest BCUT2D eigenvalue weighted by Crippen LogP contribution is 1.49. The third-order valence-electron chi connectivity index (χ3n) is 0.642. The van der Waals surface area contributed by atoms with E-state index in [0.29, 0.717) is 13.1 Å². The smallest absolute Gasteiger partial charge is 0.00750 e. The molecule has 3 heteroatoms. The zero-order chi connectivity index (χ0) is 7.54. The van der Waals surface area contributed by atoms with Crippen molar-refractivity contribution in [3.05, 3.63) is 13.2 Å². The second-order valence-corrected chi connectivity index (χ2v) is 1.33. The van der Waals surface area contributed by atoms with E-state index in [1.54, 1.807) is 0 Å². The summed E-state index contributed by atoms with van der Waals surface area (Å²) in [4.78, 5) is 0. The van der Waals surface area contributed by atoms with E-state index in [2.05, 4.69) is 18.5 Å². The Hall–Kier alpha value is -0.380. The Morgan fingerprint density at radius 2 is 1.33 bits per heavy atom. The number of hydrogen-bond acceptors (Lipinski definition) is 3. The molecule has 0 radical (unpaired) electrons. The molecule has 0 atom stereocenters. The fraction of sp³-hybridized carbons (Fsp3) is 0.667. The molecule has 0 aliphatic heterocycles. The molecule has 0 heterocycles. The molecule has 0 saturated carbocycles. The second kappa shape index (κ2) is 15.6. The average molecular weight is 131 g/mol. The molecule has 0 rings (SSSR count). The first-order chi connectivity index (χ1) is 4.41. The van der Waals surface area contributed by atoms with E-state index < -0.39 is 0 Å². The Morgan fingerprint density at radius 1 is 1.00 bits per heavy atom. The van der Waals surface area contributed by atoms with Gasteiger partial charge in [0.05, 0.1) is 0 Å². The SMILES string of the molecule is C=C.NCCNCCN. The van der Waals surface area contributed by atoms with Crippen LogP contribution in [0.1, 0.15) is 0 Å². The van der Waals surface area contributed by atoms with Crippen LogP contribution < -0.4 is 16.8 Å². The van der Waals surface area contributed by atoms with E-state index in [-0.39, 0.29) is 0 Å². The first-order valence-electron chi connectivity index (χ1n) is 3.02. The minimum atomic E-state index is 0.694. The fourth-order valence-corrected chi connectivity index (χ4v) is 0.329. The average Bonchev–Trinajstić information content (AvgIpc) is 1.94. The normalized spacial score (nSPS) is 7.78. The van der Waals surface area contributed by atoms with Crippen LogP contribution in [0.3, 0.4) is 0 Å². The Balaban J connectivity index is 0. The van der Waals surface area contributed by atoms with Crippen molar-refractivity contribution in [2.75, 3.05) is 26.2 Å². The zero-order valence-corrected chi connectivity index (χ0v) is 5.90. The number of rotatable bonds is 4. The van der Waals surface area contributed by atoms with E-state index in [9.17, 15) is 0 Å². The maximum Gasteiger partial charge on any atom is 0.00750 e. The third kappa shape index (κ3) is 18.4. The van der Waals surface area contributed by atoms with E-state index in [1.807, 2.05) is 0 Å². The summed E-state index contributed by atoms with van der Waals surface area (Å²) in [6, 6.07) is 0. The molecule has 0 aliphatic rings. The summed E-state index contributed by atoms with van der Waals surface area (Å²) < 4.78 is 0. The van der Waals surface area contributed by atoms with Crippen molar-refractivity contribution < 1.29 is 0 Å². The molecule has 0 amide bonds. The third-order valence-corrected chi connectivity index (χ3v) is 0.642. The molecule has 0 spiro atoms. The second-order valence-electron chi connectivity index (χ2n) is 1.33. The molecule has 56 valence electrons. The zero-order valence-electron chi connectivity index (χ0n) is 5.90. The van der Waals surface area contributed by atoms with Crippen LogP contribution in [-0.4, -0.2) is 26.2 Å². The predicted octanol–water partition coefficient (Wildman–Crippen LogP) is -0.704. The molecule has 0 aromatic heterocycles. The van der Waals surface area contributed by atoms with Crippen LogP contribution in [0, 0.1) is 0 Å². The maximum absolute atomic E-state index is 5.17. The van der Waals surface area contributed by atoms with Crippen molar-refractivity contribution in [3.63, 3.8) is 0 Å². The van der Waals surface area contributed by atoms with Crippen LogP contribution in [0.4, 0.5) is 0 Å². The van der Waals surface area contributed by atoms with Crippen molar-refractivity contribution in [2.45, 2.75) is 0 Å². The number of nitrogens with one attached hydrogen (secondary N) is 1. The van der Waals surface area contributed by atoms with Crippen molar-refractivity contribution in [3.8, 4) is 0 Å². The lowest BCUT2D eigenvalue weighted by atomic mass is 10.6. The lowest BCUT2D eigenvalue weighted by molar-refractivity contribution is 0.696. The van der Waals surface area contributed by atoms with Gasteiger partial charge in [-0.05, 0) is 0 Å². The van der Waals surface area contributed by atoms with Crippen molar-refractivity contribution >= 4 is 0 Å². The molecule has 5 N–H and O–H groups in total. The summed E-state index contributed by atoms with van der Waals surface area (Å²) in [6.07, 6.45) is 0. The van der Waals surface area contributed by atoms with Crippen LogP contribution in [-0.2, 0) is 0 Å². The standard InChI is InChI=1S/C4H13N3.C2H4/c5-1-3-7-4-2-6;1-2/h7H,1-6H2;1-2H2. The van der Waals surface area contributed by atoms with Crippen LogP contribution in [0.2, 0.25) is 0 Å². The van der Waals surface area contributed by atoms with E-state index in [0.717, 1.165) is 13.1 Å². The molecule has 0 fully saturated rings. The minimum Gasteiger partial charge on any atom is -0.329 e. The summed E-state index contributed by atoms with van der Waals surface area (Å²) >= 11 is 0. The lowest BCUT2D eigenvalue weighted by Crippen LogP contribution is -2.27. The molecule has 0 aliphatic carbocycles. The fourth-order valence-electron chi connectivity index (χ4n) is 0.329. The van der Waals surface area contributed by atoms with Crippen molar-refractivity contribution in [2.24, 2.45) is 11.5 Å². The van der Waals surface area contributed by atoms with Gasteiger partial charge in [-0.25, -0.2) is 0 Å². The molecular weight excluding hydrogens is 114 g/mol.